The molecule has 21 heavy (non-hydrogen) atoms. The van der Waals surface area contributed by atoms with Crippen LogP contribution < -0.4 is 9.47 Å². The van der Waals surface area contributed by atoms with Gasteiger partial charge in [-0.3, -0.25) is 0 Å². The number of benzene rings is 2. The molecule has 2 aromatic rings. The zero-order chi connectivity index (χ0) is 15.5. The van der Waals surface area contributed by atoms with Crippen LogP contribution in [-0.4, -0.2) is 15.0 Å². The Morgan fingerprint density at radius 3 is 2.33 bits per heavy atom. The van der Waals surface area contributed by atoms with Crippen LogP contribution in [0.4, 0.5) is 0 Å². The Balaban J connectivity index is 2.33. The van der Waals surface area contributed by atoms with Crippen molar-refractivity contribution in [1.29, 1.82) is 0 Å². The molecule has 0 N–H and O–H groups in total. The van der Waals surface area contributed by atoms with Gasteiger partial charge in [-0.1, -0.05) is 12.1 Å². The van der Waals surface area contributed by atoms with E-state index in [1.54, 1.807) is 12.1 Å². The minimum atomic E-state index is -3.77. The monoisotopic (exact) mass is 390 g/mol. The molecule has 0 amide bonds. The molecule has 0 aliphatic heterocycles. The fraction of sp³-hybridized carbons (Fsp3) is 0.143. The lowest BCUT2D eigenvalue weighted by atomic mass is 10.3. The Kier molecular flexibility index (Phi) is 5.13. The molecule has 0 bridgehead atoms. The van der Waals surface area contributed by atoms with Crippen molar-refractivity contribution in [3.63, 3.8) is 0 Å². The fourth-order valence-corrected chi connectivity index (χ4v) is 3.03. The second-order valence-corrected chi connectivity index (χ2v) is 7.43. The van der Waals surface area contributed by atoms with Crippen LogP contribution in [0.15, 0.2) is 51.8 Å². The van der Waals surface area contributed by atoms with Gasteiger partial charge in [0.2, 0.25) is 0 Å². The van der Waals surface area contributed by atoms with E-state index in [0.717, 1.165) is 0 Å². The van der Waals surface area contributed by atoms with Crippen LogP contribution in [0.3, 0.4) is 0 Å². The largest absolute Gasteiger partial charge is 0.490 e. The molecule has 2 rings (SSSR count). The molecule has 0 saturated carbocycles. The SMILES string of the molecule is CCOc1ccccc1Oc1ccc(S(=O)(=O)Cl)cc1Br. The van der Waals surface area contributed by atoms with E-state index in [9.17, 15) is 8.42 Å². The molecule has 0 aliphatic carbocycles. The first-order valence-electron chi connectivity index (χ1n) is 6.05. The highest BCUT2D eigenvalue weighted by atomic mass is 79.9. The molecule has 0 saturated heterocycles. The Morgan fingerprint density at radius 1 is 1.10 bits per heavy atom. The highest BCUT2D eigenvalue weighted by Crippen LogP contribution is 2.36. The van der Waals surface area contributed by atoms with Gasteiger partial charge >= 0.3 is 0 Å². The average Bonchev–Trinajstić information content (AvgIpc) is 2.42. The summed E-state index contributed by atoms with van der Waals surface area (Å²) in [6.07, 6.45) is 0. The quantitative estimate of drug-likeness (QED) is 0.701. The zero-order valence-electron chi connectivity index (χ0n) is 11.0. The molecule has 112 valence electrons. The predicted molar refractivity (Wildman–Crippen MR) is 84.9 cm³/mol. The molecule has 0 atom stereocenters. The summed E-state index contributed by atoms with van der Waals surface area (Å²) in [6, 6.07) is 11.5. The number of hydrogen-bond donors (Lipinski definition) is 0. The van der Waals surface area contributed by atoms with E-state index in [2.05, 4.69) is 15.9 Å². The first kappa shape index (κ1) is 16.1. The van der Waals surface area contributed by atoms with Crippen molar-refractivity contribution in [3.8, 4) is 17.2 Å². The first-order valence-corrected chi connectivity index (χ1v) is 9.16. The van der Waals surface area contributed by atoms with Gasteiger partial charge in [0.15, 0.2) is 11.5 Å². The summed E-state index contributed by atoms with van der Waals surface area (Å²) >= 11 is 3.27. The highest BCUT2D eigenvalue weighted by molar-refractivity contribution is 9.10. The summed E-state index contributed by atoms with van der Waals surface area (Å²) in [5.74, 6) is 1.62. The van der Waals surface area contributed by atoms with Crippen LogP contribution in [0, 0.1) is 0 Å². The topological polar surface area (TPSA) is 52.6 Å². The molecular formula is C14H12BrClO4S. The molecule has 2 aromatic carbocycles. The summed E-state index contributed by atoms with van der Waals surface area (Å²) in [5, 5.41) is 0. The molecule has 0 radical (unpaired) electrons. The van der Waals surface area contributed by atoms with Gasteiger partial charge in [-0.15, -0.1) is 0 Å². The van der Waals surface area contributed by atoms with E-state index < -0.39 is 9.05 Å². The minimum Gasteiger partial charge on any atom is -0.490 e. The molecule has 0 spiro atoms. The maximum atomic E-state index is 11.3. The van der Waals surface area contributed by atoms with Crippen LogP contribution in [0.5, 0.6) is 17.2 Å². The third kappa shape index (κ3) is 4.12. The van der Waals surface area contributed by atoms with Gasteiger partial charge in [0, 0.05) is 10.7 Å². The third-order valence-electron chi connectivity index (χ3n) is 2.55. The van der Waals surface area contributed by atoms with Crippen molar-refractivity contribution in [2.24, 2.45) is 0 Å². The standard InChI is InChI=1S/C14H12BrClO4S/c1-2-19-13-5-3-4-6-14(13)20-12-8-7-10(9-11(12)15)21(16,17)18/h3-9H,2H2,1H3. The van der Waals surface area contributed by atoms with Gasteiger partial charge in [-0.2, -0.15) is 0 Å². The Labute approximate surface area is 136 Å². The first-order chi connectivity index (χ1) is 9.91. The van der Waals surface area contributed by atoms with Crippen molar-refractivity contribution in [2.45, 2.75) is 11.8 Å². The molecule has 0 aliphatic rings. The molecule has 7 heteroatoms. The third-order valence-corrected chi connectivity index (χ3v) is 4.53. The van der Waals surface area contributed by atoms with Crippen molar-refractivity contribution in [2.75, 3.05) is 6.61 Å². The normalized spacial score (nSPS) is 11.2. The van der Waals surface area contributed by atoms with Gasteiger partial charge in [-0.25, -0.2) is 8.42 Å². The maximum absolute atomic E-state index is 11.3. The number of hydrogen-bond acceptors (Lipinski definition) is 4. The van der Waals surface area contributed by atoms with Gasteiger partial charge in [-0.05, 0) is 53.2 Å². The molecule has 0 fully saturated rings. The van der Waals surface area contributed by atoms with Crippen LogP contribution in [0.1, 0.15) is 6.92 Å². The Bertz CT molecular complexity index is 746. The van der Waals surface area contributed by atoms with Crippen molar-refractivity contribution in [3.05, 3.63) is 46.9 Å². The summed E-state index contributed by atoms with van der Waals surface area (Å²) in [6.45, 7) is 2.40. The van der Waals surface area contributed by atoms with Crippen molar-refractivity contribution >= 4 is 35.7 Å². The lowest BCUT2D eigenvalue weighted by molar-refractivity contribution is 0.321. The Hall–Kier alpha value is -1.24. The highest BCUT2D eigenvalue weighted by Gasteiger charge is 2.14. The summed E-state index contributed by atoms with van der Waals surface area (Å²) < 4.78 is 34.3. The van der Waals surface area contributed by atoms with Crippen LogP contribution in [-0.2, 0) is 9.05 Å². The molecule has 4 nitrogen and oxygen atoms in total. The van der Waals surface area contributed by atoms with Crippen LogP contribution in [0.25, 0.3) is 0 Å². The van der Waals surface area contributed by atoms with Crippen LogP contribution >= 0.6 is 26.6 Å². The lowest BCUT2D eigenvalue weighted by Crippen LogP contribution is -1.96. The van der Waals surface area contributed by atoms with Gasteiger partial charge in [0.1, 0.15) is 5.75 Å². The molecule has 0 unspecified atom stereocenters. The number of halogens is 2. The van der Waals surface area contributed by atoms with E-state index in [1.807, 2.05) is 19.1 Å². The van der Waals surface area contributed by atoms with Gasteiger partial charge < -0.3 is 9.47 Å². The number of rotatable bonds is 5. The second kappa shape index (κ2) is 6.68. The summed E-state index contributed by atoms with van der Waals surface area (Å²) in [5.41, 5.74) is 0. The van der Waals surface area contributed by atoms with Gasteiger partial charge in [0.25, 0.3) is 9.05 Å². The molecule has 0 aromatic heterocycles. The smallest absolute Gasteiger partial charge is 0.261 e. The van der Waals surface area contributed by atoms with E-state index in [0.29, 0.717) is 28.3 Å². The van der Waals surface area contributed by atoms with Crippen LogP contribution in [0.2, 0.25) is 0 Å². The average molecular weight is 392 g/mol. The van der Waals surface area contributed by atoms with Crippen molar-refractivity contribution < 1.29 is 17.9 Å². The summed E-state index contributed by atoms with van der Waals surface area (Å²) in [7, 11) is 1.53. The Morgan fingerprint density at radius 2 is 1.76 bits per heavy atom. The minimum absolute atomic E-state index is 0.00138. The van der Waals surface area contributed by atoms with E-state index in [4.69, 9.17) is 20.2 Å². The predicted octanol–water partition coefficient (Wildman–Crippen LogP) is 4.57. The van der Waals surface area contributed by atoms with Crippen molar-refractivity contribution in [1.82, 2.24) is 0 Å². The van der Waals surface area contributed by atoms with E-state index in [-0.39, 0.29) is 4.90 Å². The van der Waals surface area contributed by atoms with E-state index >= 15 is 0 Å². The maximum Gasteiger partial charge on any atom is 0.261 e. The fourth-order valence-electron chi connectivity index (χ4n) is 1.64. The lowest BCUT2D eigenvalue weighted by Gasteiger charge is -2.12. The van der Waals surface area contributed by atoms with Gasteiger partial charge in [0.05, 0.1) is 16.0 Å². The number of para-hydroxylation sites is 2. The second-order valence-electron chi connectivity index (χ2n) is 4.01. The van der Waals surface area contributed by atoms with E-state index in [1.165, 1.54) is 18.2 Å². The molecule has 0 heterocycles. The summed E-state index contributed by atoms with van der Waals surface area (Å²) in [4.78, 5) is 0.00138. The molecular weight excluding hydrogens is 380 g/mol. The zero-order valence-corrected chi connectivity index (χ0v) is 14.2. The number of ether oxygens (including phenoxy) is 2.